The minimum absolute atomic E-state index is 0.255. The smallest absolute Gasteiger partial charge is 0.231 e. The molecule has 0 saturated heterocycles. The summed E-state index contributed by atoms with van der Waals surface area (Å²) < 4.78 is 22.1. The van der Waals surface area contributed by atoms with E-state index in [1.54, 1.807) is 0 Å². The summed E-state index contributed by atoms with van der Waals surface area (Å²) in [5.74, 6) is 3.13. The Labute approximate surface area is 146 Å². The molecule has 2 aromatic carbocycles. The van der Waals surface area contributed by atoms with Crippen molar-refractivity contribution in [2.75, 3.05) is 13.6 Å². The molecule has 25 heavy (non-hydrogen) atoms. The van der Waals surface area contributed by atoms with Crippen molar-refractivity contribution in [3.8, 4) is 23.0 Å². The first-order chi connectivity index (χ1) is 12.1. The average molecular weight is 340 g/mol. The van der Waals surface area contributed by atoms with E-state index in [-0.39, 0.29) is 13.6 Å². The van der Waals surface area contributed by atoms with E-state index in [0.29, 0.717) is 6.42 Å². The second kappa shape index (κ2) is 5.05. The maximum atomic E-state index is 11.0. The van der Waals surface area contributed by atoms with Crippen LogP contribution in [0.3, 0.4) is 0 Å². The van der Waals surface area contributed by atoms with Gasteiger partial charge in [0.1, 0.15) is 0 Å². The Balaban J connectivity index is 1.60. The molecule has 5 nitrogen and oxygen atoms in total. The lowest BCUT2D eigenvalue weighted by atomic mass is 9.66. The number of hydrogen-bond acceptors (Lipinski definition) is 5. The van der Waals surface area contributed by atoms with Crippen LogP contribution >= 0.6 is 0 Å². The lowest BCUT2D eigenvalue weighted by molar-refractivity contribution is 0.0809. The summed E-state index contributed by atoms with van der Waals surface area (Å²) in [5, 5.41) is 11.0. The number of aliphatic hydroxyl groups is 1. The van der Waals surface area contributed by atoms with Crippen LogP contribution in [0.25, 0.3) is 0 Å². The second-order valence-corrected chi connectivity index (χ2v) is 7.26. The number of benzene rings is 2. The van der Waals surface area contributed by atoms with Gasteiger partial charge >= 0.3 is 0 Å². The van der Waals surface area contributed by atoms with Crippen LogP contribution in [-0.4, -0.2) is 24.8 Å². The largest absolute Gasteiger partial charge is 0.454 e. The van der Waals surface area contributed by atoms with Crippen molar-refractivity contribution in [1.29, 1.82) is 0 Å². The zero-order valence-corrected chi connectivity index (χ0v) is 14.3. The maximum Gasteiger partial charge on any atom is 0.231 e. The third-order valence-corrected chi connectivity index (χ3v) is 5.80. The van der Waals surface area contributed by atoms with Crippen molar-refractivity contribution in [3.05, 3.63) is 46.5 Å². The first kappa shape index (κ1) is 14.9. The monoisotopic (exact) mass is 340 g/mol. The van der Waals surface area contributed by atoms with Crippen molar-refractivity contribution in [2.24, 2.45) is 0 Å². The van der Waals surface area contributed by atoms with Gasteiger partial charge in [-0.05, 0) is 60.2 Å². The highest BCUT2D eigenvalue weighted by Gasteiger charge is 2.42. The minimum Gasteiger partial charge on any atom is -0.454 e. The predicted octanol–water partition coefficient (Wildman–Crippen LogP) is 2.87. The van der Waals surface area contributed by atoms with Crippen molar-refractivity contribution < 1.29 is 24.1 Å². The van der Waals surface area contributed by atoms with E-state index >= 15 is 0 Å². The van der Waals surface area contributed by atoms with Crippen LogP contribution in [0.1, 0.15) is 29.2 Å². The molecule has 5 rings (SSSR count). The Bertz CT molecular complexity index is 875. The third-order valence-electron chi connectivity index (χ3n) is 5.80. The lowest BCUT2D eigenvalue weighted by Gasteiger charge is -2.41. The third kappa shape index (κ3) is 2.05. The summed E-state index contributed by atoms with van der Waals surface area (Å²) in [6, 6.07) is 8.07. The second-order valence-electron chi connectivity index (χ2n) is 7.26. The summed E-state index contributed by atoms with van der Waals surface area (Å²) in [7, 11) is 0. The fraction of sp³-hybridized carbons (Fsp3) is 0.400. The quantitative estimate of drug-likeness (QED) is 0.865. The molecule has 0 fully saturated rings. The molecule has 2 heterocycles. The molecule has 3 aliphatic rings. The highest BCUT2D eigenvalue weighted by Crippen LogP contribution is 2.47. The lowest BCUT2D eigenvalue weighted by Crippen LogP contribution is -2.44. The standard InChI is InChI=1S/C20H20O5/c1-11-14(3-4-15-19(11)25-10-22-15)20(2)8-13-6-17-16(23-9-24-17)5-12(13)7-18(20)21/h3-6,18,21H,7-10H2,1-2H3/t18-,20-/m1/s1. The summed E-state index contributed by atoms with van der Waals surface area (Å²) in [6.07, 6.45) is 0.844. The molecule has 0 saturated carbocycles. The van der Waals surface area contributed by atoms with Gasteiger partial charge in [-0.25, -0.2) is 0 Å². The molecular weight excluding hydrogens is 320 g/mol. The van der Waals surface area contributed by atoms with Crippen molar-refractivity contribution >= 4 is 0 Å². The van der Waals surface area contributed by atoms with E-state index in [1.165, 1.54) is 5.56 Å². The Kier molecular flexibility index (Phi) is 3.01. The van der Waals surface area contributed by atoms with Gasteiger partial charge in [-0.2, -0.15) is 0 Å². The molecule has 1 aliphatic carbocycles. The van der Waals surface area contributed by atoms with Gasteiger partial charge in [0.05, 0.1) is 6.10 Å². The number of hydrogen-bond donors (Lipinski definition) is 1. The normalized spacial score (nSPS) is 25.8. The molecule has 0 unspecified atom stereocenters. The van der Waals surface area contributed by atoms with E-state index in [4.69, 9.17) is 18.9 Å². The van der Waals surface area contributed by atoms with Gasteiger partial charge in [-0.3, -0.25) is 0 Å². The Morgan fingerprint density at radius 2 is 1.64 bits per heavy atom. The van der Waals surface area contributed by atoms with E-state index < -0.39 is 11.5 Å². The summed E-state index contributed by atoms with van der Waals surface area (Å²) in [5.41, 5.74) is 4.08. The first-order valence-corrected chi connectivity index (χ1v) is 8.55. The van der Waals surface area contributed by atoms with Crippen LogP contribution in [0.4, 0.5) is 0 Å². The van der Waals surface area contributed by atoms with Gasteiger partial charge in [0.2, 0.25) is 13.6 Å². The fourth-order valence-corrected chi connectivity index (χ4v) is 4.33. The van der Waals surface area contributed by atoms with Crippen LogP contribution in [0.2, 0.25) is 0 Å². The Morgan fingerprint density at radius 3 is 2.44 bits per heavy atom. The van der Waals surface area contributed by atoms with E-state index in [0.717, 1.165) is 46.1 Å². The first-order valence-electron chi connectivity index (χ1n) is 8.55. The number of aliphatic hydroxyl groups excluding tert-OH is 1. The molecule has 5 heteroatoms. The van der Waals surface area contributed by atoms with Crippen molar-refractivity contribution in [2.45, 2.75) is 38.2 Å². The van der Waals surface area contributed by atoms with Gasteiger partial charge in [-0.1, -0.05) is 13.0 Å². The molecule has 0 amide bonds. The van der Waals surface area contributed by atoms with Gasteiger partial charge in [0.15, 0.2) is 23.0 Å². The minimum atomic E-state index is -0.487. The van der Waals surface area contributed by atoms with Gasteiger partial charge < -0.3 is 24.1 Å². The van der Waals surface area contributed by atoms with Gasteiger partial charge in [0, 0.05) is 5.41 Å². The van der Waals surface area contributed by atoms with E-state index in [1.807, 2.05) is 19.1 Å². The van der Waals surface area contributed by atoms with E-state index in [9.17, 15) is 5.11 Å². The van der Waals surface area contributed by atoms with Crippen LogP contribution in [0.15, 0.2) is 24.3 Å². The number of rotatable bonds is 1. The highest BCUT2D eigenvalue weighted by molar-refractivity contribution is 5.56. The van der Waals surface area contributed by atoms with Crippen LogP contribution in [-0.2, 0) is 18.3 Å². The Morgan fingerprint density at radius 1 is 0.960 bits per heavy atom. The molecule has 0 aromatic heterocycles. The molecule has 2 aliphatic heterocycles. The molecule has 0 bridgehead atoms. The number of ether oxygens (including phenoxy) is 4. The summed E-state index contributed by atoms with van der Waals surface area (Å²) in [4.78, 5) is 0. The zero-order valence-electron chi connectivity index (χ0n) is 14.3. The maximum absolute atomic E-state index is 11.0. The fourth-order valence-electron chi connectivity index (χ4n) is 4.33. The molecular formula is C20H20O5. The summed E-state index contributed by atoms with van der Waals surface area (Å²) in [6.45, 7) is 4.68. The molecule has 0 radical (unpaired) electrons. The molecule has 130 valence electrons. The number of fused-ring (bicyclic) bond motifs is 3. The zero-order chi connectivity index (χ0) is 17.2. The summed E-state index contributed by atoms with van der Waals surface area (Å²) >= 11 is 0. The van der Waals surface area contributed by atoms with E-state index in [2.05, 4.69) is 19.1 Å². The molecule has 0 spiro atoms. The van der Waals surface area contributed by atoms with Crippen LogP contribution < -0.4 is 18.9 Å². The molecule has 2 atom stereocenters. The van der Waals surface area contributed by atoms with Crippen LogP contribution in [0, 0.1) is 6.92 Å². The average Bonchev–Trinajstić information content (AvgIpc) is 3.23. The molecule has 1 N–H and O–H groups in total. The van der Waals surface area contributed by atoms with Crippen LogP contribution in [0.5, 0.6) is 23.0 Å². The Hall–Kier alpha value is -2.40. The molecule has 2 aromatic rings. The van der Waals surface area contributed by atoms with Crippen molar-refractivity contribution in [1.82, 2.24) is 0 Å². The van der Waals surface area contributed by atoms with Gasteiger partial charge in [-0.15, -0.1) is 0 Å². The van der Waals surface area contributed by atoms with Crippen molar-refractivity contribution in [3.63, 3.8) is 0 Å². The SMILES string of the molecule is Cc1c([C@@]2(C)Cc3cc4c(cc3C[C@H]2O)OCO4)ccc2c1OCO2. The predicted molar refractivity (Wildman–Crippen MR) is 90.6 cm³/mol. The highest BCUT2D eigenvalue weighted by atomic mass is 16.7. The topological polar surface area (TPSA) is 57.2 Å². The van der Waals surface area contributed by atoms with Gasteiger partial charge in [0.25, 0.3) is 0 Å².